The molecule has 0 aliphatic carbocycles. The molecule has 0 unspecified atom stereocenters. The fourth-order valence-electron chi connectivity index (χ4n) is 3.58. The Morgan fingerprint density at radius 2 is 1.69 bits per heavy atom. The number of rotatable bonds is 5. The number of carbonyl (C=O) groups is 2. The minimum atomic E-state index is -0.349. The zero-order valence-electron chi connectivity index (χ0n) is 19.0. The van der Waals surface area contributed by atoms with Gasteiger partial charge in [0.2, 0.25) is 11.8 Å². The number of hydrogen-bond acceptors (Lipinski definition) is 4. The molecule has 1 N–H and O–H groups in total. The average Bonchev–Trinajstić information content (AvgIpc) is 2.77. The summed E-state index contributed by atoms with van der Waals surface area (Å²) in [6, 6.07) is 13.4. The summed E-state index contributed by atoms with van der Waals surface area (Å²) in [6.07, 6.45) is 3.22. The number of carbonyl (C=O) groups excluding carboxylic acids is 2. The Labute approximate surface area is 198 Å². The molecule has 0 atom stereocenters. The Morgan fingerprint density at radius 1 is 1.03 bits per heavy atom. The minimum absolute atomic E-state index is 0.198. The summed E-state index contributed by atoms with van der Waals surface area (Å²) >= 11 is 3.43. The summed E-state index contributed by atoms with van der Waals surface area (Å²) in [5.41, 5.74) is 2.28. The molecule has 170 valence electrons. The second kappa shape index (κ2) is 10.2. The van der Waals surface area contributed by atoms with E-state index in [1.807, 2.05) is 68.1 Å². The maximum atomic E-state index is 12.5. The molecule has 6 nitrogen and oxygen atoms in total. The lowest BCUT2D eigenvalue weighted by Crippen LogP contribution is -2.51. The Hall–Kier alpha value is -2.80. The largest absolute Gasteiger partial charge is 0.496 e. The summed E-state index contributed by atoms with van der Waals surface area (Å²) in [7, 11) is 1.60. The number of hydrogen-bond donors (Lipinski definition) is 1. The number of benzene rings is 2. The van der Waals surface area contributed by atoms with Gasteiger partial charge in [0, 0.05) is 59.1 Å². The van der Waals surface area contributed by atoms with Crippen LogP contribution in [0.15, 0.2) is 53.0 Å². The summed E-state index contributed by atoms with van der Waals surface area (Å²) < 4.78 is 6.24. The lowest BCUT2D eigenvalue weighted by Gasteiger charge is -2.38. The molecule has 1 aliphatic heterocycles. The molecule has 2 aromatic rings. The first-order valence-corrected chi connectivity index (χ1v) is 11.4. The third-order valence-corrected chi connectivity index (χ3v) is 5.81. The Bertz CT molecular complexity index is 988. The van der Waals surface area contributed by atoms with Crippen molar-refractivity contribution in [2.75, 3.05) is 43.5 Å². The number of ether oxygens (including phenoxy) is 1. The van der Waals surface area contributed by atoms with Crippen LogP contribution < -0.4 is 15.0 Å². The summed E-state index contributed by atoms with van der Waals surface area (Å²) in [6.45, 7) is 8.91. The van der Waals surface area contributed by atoms with Crippen LogP contribution in [-0.4, -0.2) is 50.0 Å². The molecule has 2 aromatic carbocycles. The van der Waals surface area contributed by atoms with Crippen LogP contribution in [0.1, 0.15) is 26.3 Å². The average molecular weight is 500 g/mol. The van der Waals surface area contributed by atoms with Gasteiger partial charge in [-0.3, -0.25) is 9.59 Å². The van der Waals surface area contributed by atoms with Gasteiger partial charge in [0.15, 0.2) is 0 Å². The maximum absolute atomic E-state index is 12.5. The predicted octanol–water partition coefficient (Wildman–Crippen LogP) is 4.80. The van der Waals surface area contributed by atoms with E-state index in [1.54, 1.807) is 13.2 Å². The van der Waals surface area contributed by atoms with E-state index in [1.165, 1.54) is 6.08 Å². The van der Waals surface area contributed by atoms with Crippen molar-refractivity contribution in [3.05, 3.63) is 58.6 Å². The molecule has 1 saturated heterocycles. The molecule has 32 heavy (non-hydrogen) atoms. The zero-order chi connectivity index (χ0) is 23.3. The third-order valence-electron chi connectivity index (χ3n) is 5.31. The molecule has 1 aliphatic rings. The van der Waals surface area contributed by atoms with Gasteiger partial charge in [-0.15, -0.1) is 0 Å². The lowest BCUT2D eigenvalue weighted by molar-refractivity contribution is -0.139. The van der Waals surface area contributed by atoms with Crippen LogP contribution in [0.3, 0.4) is 0 Å². The first-order chi connectivity index (χ1) is 15.2. The molecule has 0 aromatic heterocycles. The fraction of sp³-hybridized carbons (Fsp3) is 0.360. The highest BCUT2D eigenvalue weighted by atomic mass is 79.9. The number of nitrogens with zero attached hydrogens (tertiary/aromatic N) is 2. The topological polar surface area (TPSA) is 61.9 Å². The molecule has 3 rings (SSSR count). The monoisotopic (exact) mass is 499 g/mol. The van der Waals surface area contributed by atoms with Gasteiger partial charge in [-0.1, -0.05) is 36.7 Å². The van der Waals surface area contributed by atoms with Gasteiger partial charge < -0.3 is 19.9 Å². The van der Waals surface area contributed by atoms with E-state index in [0.29, 0.717) is 5.75 Å². The van der Waals surface area contributed by atoms with Crippen LogP contribution in [0.25, 0.3) is 6.08 Å². The van der Waals surface area contributed by atoms with Crippen molar-refractivity contribution in [2.24, 2.45) is 5.41 Å². The molecule has 2 amide bonds. The van der Waals surface area contributed by atoms with Crippen molar-refractivity contribution < 1.29 is 14.3 Å². The highest BCUT2D eigenvalue weighted by Gasteiger charge is 2.29. The van der Waals surface area contributed by atoms with Gasteiger partial charge >= 0.3 is 0 Å². The summed E-state index contributed by atoms with van der Waals surface area (Å²) in [4.78, 5) is 29.0. The molecule has 0 radical (unpaired) electrons. The molecule has 1 heterocycles. The van der Waals surface area contributed by atoms with Crippen LogP contribution in [0.2, 0.25) is 0 Å². The van der Waals surface area contributed by atoms with Crippen LogP contribution in [0.4, 0.5) is 11.4 Å². The van der Waals surface area contributed by atoms with Gasteiger partial charge in [-0.05, 0) is 48.5 Å². The van der Waals surface area contributed by atoms with Crippen molar-refractivity contribution in [1.82, 2.24) is 4.90 Å². The Kier molecular flexibility index (Phi) is 7.61. The third kappa shape index (κ3) is 6.13. The first kappa shape index (κ1) is 23.9. The van der Waals surface area contributed by atoms with Crippen molar-refractivity contribution in [1.29, 1.82) is 0 Å². The number of methoxy groups -OCH3 is 1. The van der Waals surface area contributed by atoms with Gasteiger partial charge in [-0.2, -0.15) is 0 Å². The Morgan fingerprint density at radius 3 is 2.28 bits per heavy atom. The van der Waals surface area contributed by atoms with Gasteiger partial charge in [0.25, 0.3) is 0 Å². The van der Waals surface area contributed by atoms with E-state index in [0.717, 1.165) is 47.6 Å². The Balaban J connectivity index is 1.56. The minimum Gasteiger partial charge on any atom is -0.496 e. The van der Waals surface area contributed by atoms with Crippen molar-refractivity contribution in [2.45, 2.75) is 20.8 Å². The van der Waals surface area contributed by atoms with Crippen LogP contribution >= 0.6 is 15.9 Å². The normalized spacial score (nSPS) is 14.5. The standard InChI is InChI=1S/C25H30BrN3O3/c1-25(2,3)24(31)29-15-13-28(14-16-29)21-9-7-20(8-10-21)27-23(30)12-5-18-17-19(26)6-11-22(18)32-4/h5-12,17H,13-16H2,1-4H3,(H,27,30)/b12-5+. The molecule has 0 saturated carbocycles. The smallest absolute Gasteiger partial charge is 0.248 e. The number of anilines is 2. The fourth-order valence-corrected chi connectivity index (χ4v) is 3.96. The summed E-state index contributed by atoms with van der Waals surface area (Å²) in [5.74, 6) is 0.684. The van der Waals surface area contributed by atoms with Gasteiger partial charge in [-0.25, -0.2) is 0 Å². The van der Waals surface area contributed by atoms with Gasteiger partial charge in [0.1, 0.15) is 5.75 Å². The van der Waals surface area contributed by atoms with E-state index in [9.17, 15) is 9.59 Å². The van der Waals surface area contributed by atoms with E-state index < -0.39 is 0 Å². The molecule has 1 fully saturated rings. The van der Waals surface area contributed by atoms with Crippen molar-refractivity contribution >= 4 is 45.2 Å². The SMILES string of the molecule is COc1ccc(Br)cc1/C=C/C(=O)Nc1ccc(N2CCN(C(=O)C(C)(C)C)CC2)cc1. The molecule has 0 spiro atoms. The van der Waals surface area contributed by atoms with Crippen molar-refractivity contribution in [3.8, 4) is 5.75 Å². The number of piperazine rings is 1. The predicted molar refractivity (Wildman–Crippen MR) is 133 cm³/mol. The zero-order valence-corrected chi connectivity index (χ0v) is 20.6. The van der Waals surface area contributed by atoms with Gasteiger partial charge in [0.05, 0.1) is 7.11 Å². The second-order valence-corrected chi connectivity index (χ2v) is 9.70. The highest BCUT2D eigenvalue weighted by Crippen LogP contribution is 2.25. The quantitative estimate of drug-likeness (QED) is 0.599. The van der Waals surface area contributed by atoms with Crippen LogP contribution in [0, 0.1) is 5.41 Å². The highest BCUT2D eigenvalue weighted by molar-refractivity contribution is 9.10. The van der Waals surface area contributed by atoms with Crippen LogP contribution in [-0.2, 0) is 9.59 Å². The maximum Gasteiger partial charge on any atom is 0.248 e. The van der Waals surface area contributed by atoms with Crippen molar-refractivity contribution in [3.63, 3.8) is 0 Å². The number of nitrogens with one attached hydrogen (secondary N) is 1. The lowest BCUT2D eigenvalue weighted by atomic mass is 9.94. The molecular formula is C25H30BrN3O3. The second-order valence-electron chi connectivity index (χ2n) is 8.78. The van der Waals surface area contributed by atoms with Crippen LogP contribution in [0.5, 0.6) is 5.75 Å². The summed E-state index contributed by atoms with van der Waals surface area (Å²) in [5, 5.41) is 2.88. The van der Waals surface area contributed by atoms with E-state index >= 15 is 0 Å². The molecular weight excluding hydrogens is 470 g/mol. The molecule has 7 heteroatoms. The number of amides is 2. The molecule has 0 bridgehead atoms. The number of halogens is 1. The first-order valence-electron chi connectivity index (χ1n) is 10.6. The van der Waals surface area contributed by atoms with E-state index in [-0.39, 0.29) is 17.2 Å². The van der Waals surface area contributed by atoms with E-state index in [2.05, 4.69) is 26.1 Å². The van der Waals surface area contributed by atoms with E-state index in [4.69, 9.17) is 4.74 Å².